The second-order valence-electron chi connectivity index (χ2n) is 7.52. The summed E-state index contributed by atoms with van der Waals surface area (Å²) in [5.74, 6) is 1.85. The van der Waals surface area contributed by atoms with E-state index in [0.717, 1.165) is 44.4 Å². The van der Waals surface area contributed by atoms with Gasteiger partial charge >= 0.3 is 0 Å². The van der Waals surface area contributed by atoms with Gasteiger partial charge in [0.15, 0.2) is 5.96 Å². The SMILES string of the molecule is CCNC(=NCC1(CCOC)CCCC1)NCC(c1ccco1)N(C)C.I. The number of nitrogens with zero attached hydrogens (tertiary/aromatic N) is 2. The number of hydrogen-bond acceptors (Lipinski definition) is 4. The normalized spacial score (nSPS) is 17.6. The summed E-state index contributed by atoms with van der Waals surface area (Å²) >= 11 is 0. The van der Waals surface area contributed by atoms with Crippen molar-refractivity contribution >= 4 is 29.9 Å². The molecule has 1 atom stereocenters. The van der Waals surface area contributed by atoms with E-state index < -0.39 is 0 Å². The van der Waals surface area contributed by atoms with Gasteiger partial charge in [-0.05, 0) is 57.8 Å². The number of likely N-dealkylation sites (N-methyl/N-ethyl adjacent to an activating group) is 1. The van der Waals surface area contributed by atoms with E-state index in [1.807, 2.05) is 12.1 Å². The van der Waals surface area contributed by atoms with E-state index in [1.54, 1.807) is 13.4 Å². The van der Waals surface area contributed by atoms with E-state index in [-0.39, 0.29) is 30.0 Å². The van der Waals surface area contributed by atoms with Crippen LogP contribution in [0.2, 0.25) is 0 Å². The Kier molecular flexibility index (Phi) is 11.3. The van der Waals surface area contributed by atoms with Crippen molar-refractivity contribution < 1.29 is 9.15 Å². The number of aliphatic imine (C=N–C) groups is 1. The Morgan fingerprint density at radius 1 is 1.33 bits per heavy atom. The predicted octanol–water partition coefficient (Wildman–Crippen LogP) is 3.65. The van der Waals surface area contributed by atoms with Crippen LogP contribution in [0.3, 0.4) is 0 Å². The standard InChI is InChI=1S/C20H36N4O2.HI/c1-5-21-19(22-15-17(24(2)3)18-9-8-13-26-18)23-16-20(12-14-25-4)10-6-7-11-20;/h8-9,13,17H,5-7,10-12,14-16H2,1-4H3,(H2,21,22,23);1H. The van der Waals surface area contributed by atoms with Crippen LogP contribution in [0.4, 0.5) is 0 Å². The molecule has 2 N–H and O–H groups in total. The lowest BCUT2D eigenvalue weighted by Gasteiger charge is -2.28. The van der Waals surface area contributed by atoms with Crippen LogP contribution in [0.1, 0.15) is 50.8 Å². The highest BCUT2D eigenvalue weighted by atomic mass is 127. The molecule has 27 heavy (non-hydrogen) atoms. The quantitative estimate of drug-likeness (QED) is 0.297. The Labute approximate surface area is 181 Å². The zero-order valence-electron chi connectivity index (χ0n) is 17.3. The maximum atomic E-state index is 5.59. The van der Waals surface area contributed by atoms with Crippen LogP contribution >= 0.6 is 24.0 Å². The smallest absolute Gasteiger partial charge is 0.191 e. The van der Waals surface area contributed by atoms with Crippen LogP contribution in [0.15, 0.2) is 27.8 Å². The molecule has 0 bridgehead atoms. The van der Waals surface area contributed by atoms with E-state index in [0.29, 0.717) is 5.41 Å². The van der Waals surface area contributed by atoms with E-state index in [2.05, 4.69) is 36.6 Å². The zero-order valence-corrected chi connectivity index (χ0v) is 19.6. The first kappa shape index (κ1) is 24.2. The monoisotopic (exact) mass is 492 g/mol. The number of halogens is 1. The molecule has 0 aromatic carbocycles. The van der Waals surface area contributed by atoms with Gasteiger partial charge in [0.1, 0.15) is 5.76 Å². The van der Waals surface area contributed by atoms with E-state index in [9.17, 15) is 0 Å². The summed E-state index contributed by atoms with van der Waals surface area (Å²) in [5, 5.41) is 6.87. The molecule has 6 nitrogen and oxygen atoms in total. The van der Waals surface area contributed by atoms with Crippen molar-refractivity contribution in [3.05, 3.63) is 24.2 Å². The first-order valence-electron chi connectivity index (χ1n) is 9.81. The molecule has 7 heteroatoms. The minimum atomic E-state index is 0. The summed E-state index contributed by atoms with van der Waals surface area (Å²) < 4.78 is 10.9. The third-order valence-corrected chi connectivity index (χ3v) is 5.38. The van der Waals surface area contributed by atoms with Crippen molar-refractivity contribution in [3.63, 3.8) is 0 Å². The molecule has 2 rings (SSSR count). The summed E-state index contributed by atoms with van der Waals surface area (Å²) in [7, 11) is 5.92. The molecule has 156 valence electrons. The van der Waals surface area contributed by atoms with E-state index in [1.165, 1.54) is 25.7 Å². The fourth-order valence-corrected chi connectivity index (χ4v) is 3.73. The lowest BCUT2D eigenvalue weighted by Crippen LogP contribution is -2.42. The summed E-state index contributed by atoms with van der Waals surface area (Å²) in [6.45, 7) is 5.38. The molecule has 0 aliphatic heterocycles. The van der Waals surface area contributed by atoms with Crippen molar-refractivity contribution in [2.45, 2.75) is 45.1 Å². The minimum absolute atomic E-state index is 0. The molecule has 1 unspecified atom stereocenters. The lowest BCUT2D eigenvalue weighted by molar-refractivity contribution is 0.141. The molecule has 1 heterocycles. The Balaban J connectivity index is 0.00000364. The Hall–Kier alpha value is -0.800. The summed E-state index contributed by atoms with van der Waals surface area (Å²) in [6.07, 6.45) is 7.96. The van der Waals surface area contributed by atoms with Crippen molar-refractivity contribution in [1.82, 2.24) is 15.5 Å². The average Bonchev–Trinajstić information content (AvgIpc) is 3.30. The number of ether oxygens (including phenoxy) is 1. The average molecular weight is 492 g/mol. The van der Waals surface area contributed by atoms with Gasteiger partial charge in [-0.1, -0.05) is 12.8 Å². The fourth-order valence-electron chi connectivity index (χ4n) is 3.73. The zero-order chi connectivity index (χ0) is 18.8. The predicted molar refractivity (Wildman–Crippen MR) is 122 cm³/mol. The molecular weight excluding hydrogens is 455 g/mol. The third-order valence-electron chi connectivity index (χ3n) is 5.38. The highest BCUT2D eigenvalue weighted by Gasteiger charge is 2.33. The van der Waals surface area contributed by atoms with Crippen LogP contribution in [-0.4, -0.2) is 58.3 Å². The van der Waals surface area contributed by atoms with Crippen LogP contribution in [0.5, 0.6) is 0 Å². The highest BCUT2D eigenvalue weighted by Crippen LogP contribution is 2.41. The number of furan rings is 1. The molecular formula is C20H37IN4O2. The maximum Gasteiger partial charge on any atom is 0.191 e. The summed E-state index contributed by atoms with van der Waals surface area (Å²) in [6, 6.07) is 4.13. The first-order chi connectivity index (χ1) is 12.6. The third kappa shape index (κ3) is 7.62. The number of hydrogen-bond donors (Lipinski definition) is 2. The molecule has 0 radical (unpaired) electrons. The van der Waals surface area contributed by atoms with Gasteiger partial charge < -0.3 is 19.8 Å². The molecule has 1 aromatic rings. The van der Waals surface area contributed by atoms with Gasteiger partial charge in [-0.2, -0.15) is 0 Å². The largest absolute Gasteiger partial charge is 0.468 e. The van der Waals surface area contributed by atoms with Gasteiger partial charge in [-0.25, -0.2) is 0 Å². The number of methoxy groups -OCH3 is 1. The van der Waals surface area contributed by atoms with Crippen LogP contribution in [0.25, 0.3) is 0 Å². The first-order valence-corrected chi connectivity index (χ1v) is 9.81. The molecule has 0 spiro atoms. The number of rotatable bonds is 10. The maximum absolute atomic E-state index is 5.59. The molecule has 1 fully saturated rings. The van der Waals surface area contributed by atoms with Crippen molar-refractivity contribution in [3.8, 4) is 0 Å². The Bertz CT molecular complexity index is 528. The molecule has 1 aliphatic carbocycles. The molecule has 1 aromatic heterocycles. The molecule has 0 amide bonds. The van der Waals surface area contributed by atoms with E-state index in [4.69, 9.17) is 14.1 Å². The van der Waals surface area contributed by atoms with E-state index >= 15 is 0 Å². The van der Waals surface area contributed by atoms with Gasteiger partial charge in [0.25, 0.3) is 0 Å². The van der Waals surface area contributed by atoms with Crippen LogP contribution < -0.4 is 10.6 Å². The van der Waals surface area contributed by atoms with Gasteiger partial charge in [0.05, 0.1) is 12.3 Å². The van der Waals surface area contributed by atoms with Crippen molar-refractivity contribution in [2.75, 3.05) is 47.4 Å². The second kappa shape index (κ2) is 12.6. The highest BCUT2D eigenvalue weighted by molar-refractivity contribution is 14.0. The number of guanidine groups is 1. The van der Waals surface area contributed by atoms with Gasteiger partial charge in [-0.15, -0.1) is 24.0 Å². The van der Waals surface area contributed by atoms with Gasteiger partial charge in [-0.3, -0.25) is 9.89 Å². The summed E-state index contributed by atoms with van der Waals surface area (Å²) in [4.78, 5) is 7.08. The second-order valence-corrected chi connectivity index (χ2v) is 7.52. The van der Waals surface area contributed by atoms with Crippen molar-refractivity contribution in [1.29, 1.82) is 0 Å². The van der Waals surface area contributed by atoms with Crippen LogP contribution in [-0.2, 0) is 4.74 Å². The van der Waals surface area contributed by atoms with Gasteiger partial charge in [0, 0.05) is 33.4 Å². The summed E-state index contributed by atoms with van der Waals surface area (Å²) in [5.41, 5.74) is 0.306. The topological polar surface area (TPSA) is 62.0 Å². The van der Waals surface area contributed by atoms with Gasteiger partial charge in [0.2, 0.25) is 0 Å². The lowest BCUT2D eigenvalue weighted by atomic mass is 9.83. The molecule has 1 aliphatic rings. The molecule has 1 saturated carbocycles. The van der Waals surface area contributed by atoms with Crippen LogP contribution in [0, 0.1) is 5.41 Å². The van der Waals surface area contributed by atoms with Crippen molar-refractivity contribution in [2.24, 2.45) is 10.4 Å². The number of nitrogens with one attached hydrogen (secondary N) is 2. The Morgan fingerprint density at radius 2 is 2.07 bits per heavy atom. The fraction of sp³-hybridized carbons (Fsp3) is 0.750. The molecule has 0 saturated heterocycles. The minimum Gasteiger partial charge on any atom is -0.468 e. The Morgan fingerprint density at radius 3 is 2.63 bits per heavy atom.